The van der Waals surface area contributed by atoms with Crippen molar-refractivity contribution in [1.29, 1.82) is 0 Å². The molecule has 0 aliphatic rings. The van der Waals surface area contributed by atoms with Gasteiger partial charge in [0.2, 0.25) is 0 Å². The zero-order chi connectivity index (χ0) is 8.69. The fourth-order valence-corrected chi connectivity index (χ4v) is 1.45. The summed E-state index contributed by atoms with van der Waals surface area (Å²) < 4.78 is 4.93. The number of carbonyl (C=O) groups is 1. The Morgan fingerprint density at radius 3 is 2.64 bits per heavy atom. The van der Waals surface area contributed by atoms with Crippen LogP contribution in [0.3, 0.4) is 0 Å². The van der Waals surface area contributed by atoms with E-state index in [9.17, 15) is 4.79 Å². The third kappa shape index (κ3) is 6.56. The summed E-state index contributed by atoms with van der Waals surface area (Å²) in [5.41, 5.74) is 0. The highest BCUT2D eigenvalue weighted by atomic mass is 33.1. The summed E-state index contributed by atoms with van der Waals surface area (Å²) in [5, 5.41) is 0. The van der Waals surface area contributed by atoms with Crippen molar-refractivity contribution in [2.75, 3.05) is 18.6 Å². The van der Waals surface area contributed by atoms with Crippen molar-refractivity contribution in [3.63, 3.8) is 0 Å². The molecule has 0 saturated heterocycles. The van der Waals surface area contributed by atoms with E-state index in [-0.39, 0.29) is 11.9 Å². The molecule has 0 aromatic rings. The normalized spacial score (nSPS) is 10.2. The molecular weight excluding hydrogens is 180 g/mol. The first kappa shape index (κ1) is 11.2. The van der Waals surface area contributed by atoms with Crippen LogP contribution in [0.1, 0.15) is 13.8 Å². The molecule has 0 fully saturated rings. The van der Waals surface area contributed by atoms with Crippen LogP contribution < -0.4 is 0 Å². The van der Waals surface area contributed by atoms with E-state index in [1.54, 1.807) is 21.6 Å². The summed E-state index contributed by atoms with van der Waals surface area (Å²) in [4.78, 5) is 10.9. The van der Waals surface area contributed by atoms with Crippen LogP contribution in [-0.2, 0) is 9.53 Å². The number of carbonyl (C=O) groups excluding carboxylic acids is 1. The molecule has 0 spiro atoms. The van der Waals surface area contributed by atoms with Crippen LogP contribution in [-0.4, -0.2) is 24.6 Å². The largest absolute Gasteiger partial charge is 0.465 e. The lowest BCUT2D eigenvalue weighted by atomic mass is 10.2. The summed E-state index contributed by atoms with van der Waals surface area (Å²) in [6, 6.07) is 0. The number of esters is 1. The molecular formula is C7H14O2S2. The highest BCUT2D eigenvalue weighted by Crippen LogP contribution is 2.15. The lowest BCUT2D eigenvalue weighted by Gasteiger charge is -2.05. The van der Waals surface area contributed by atoms with Gasteiger partial charge in [-0.1, -0.05) is 35.4 Å². The minimum absolute atomic E-state index is 0.00530. The van der Waals surface area contributed by atoms with E-state index in [1.165, 1.54) is 0 Å². The molecule has 0 N–H and O–H groups in total. The van der Waals surface area contributed by atoms with E-state index in [2.05, 4.69) is 0 Å². The Balaban J connectivity index is 3.18. The fraction of sp³-hybridized carbons (Fsp3) is 0.857. The summed E-state index contributed by atoms with van der Waals surface area (Å²) in [6.07, 6.45) is 2.01. The van der Waals surface area contributed by atoms with Crippen LogP contribution in [0, 0.1) is 5.92 Å². The molecule has 0 aliphatic heterocycles. The first-order valence-corrected chi connectivity index (χ1v) is 6.23. The summed E-state index contributed by atoms with van der Waals surface area (Å²) >= 11 is 0. The number of hydrogen-bond donors (Lipinski definition) is 0. The molecule has 0 aromatic carbocycles. The average Bonchev–Trinajstić information content (AvgIpc) is 1.97. The predicted octanol–water partition coefficient (Wildman–Crippen LogP) is 2.20. The molecule has 2 nitrogen and oxygen atoms in total. The Labute approximate surface area is 75.9 Å². The maximum absolute atomic E-state index is 10.9. The smallest absolute Gasteiger partial charge is 0.308 e. The average molecular weight is 194 g/mol. The Morgan fingerprint density at radius 1 is 1.55 bits per heavy atom. The van der Waals surface area contributed by atoms with Crippen LogP contribution in [0.15, 0.2) is 0 Å². The van der Waals surface area contributed by atoms with Gasteiger partial charge in [0.15, 0.2) is 0 Å². The Morgan fingerprint density at radius 2 is 2.18 bits per heavy atom. The van der Waals surface area contributed by atoms with E-state index in [1.807, 2.05) is 20.1 Å². The molecule has 0 heterocycles. The first-order valence-electron chi connectivity index (χ1n) is 3.50. The van der Waals surface area contributed by atoms with Crippen molar-refractivity contribution in [2.45, 2.75) is 13.8 Å². The lowest BCUT2D eigenvalue weighted by molar-refractivity contribution is -0.146. The zero-order valence-corrected chi connectivity index (χ0v) is 8.76. The molecule has 0 aromatic heterocycles. The molecule has 0 aliphatic carbocycles. The van der Waals surface area contributed by atoms with Crippen molar-refractivity contribution in [1.82, 2.24) is 0 Å². The van der Waals surface area contributed by atoms with Crippen LogP contribution in [0.4, 0.5) is 0 Å². The van der Waals surface area contributed by atoms with Gasteiger partial charge < -0.3 is 4.74 Å². The van der Waals surface area contributed by atoms with Crippen molar-refractivity contribution < 1.29 is 9.53 Å². The second kappa shape index (κ2) is 6.85. The van der Waals surface area contributed by atoms with E-state index < -0.39 is 0 Å². The van der Waals surface area contributed by atoms with Gasteiger partial charge in [0.05, 0.1) is 5.92 Å². The van der Waals surface area contributed by atoms with Crippen LogP contribution in [0.25, 0.3) is 0 Å². The van der Waals surface area contributed by atoms with Crippen LogP contribution in [0.2, 0.25) is 0 Å². The van der Waals surface area contributed by atoms with Crippen LogP contribution >= 0.6 is 21.6 Å². The van der Waals surface area contributed by atoms with Gasteiger partial charge in [0.25, 0.3) is 0 Å². The Bertz CT molecular complexity index is 115. The summed E-state index contributed by atoms with van der Waals surface area (Å²) in [6.45, 7) is 4.20. The molecule has 66 valence electrons. The topological polar surface area (TPSA) is 26.3 Å². The van der Waals surface area contributed by atoms with E-state index in [0.29, 0.717) is 6.61 Å². The highest BCUT2D eigenvalue weighted by molar-refractivity contribution is 8.76. The Kier molecular flexibility index (Phi) is 6.96. The van der Waals surface area contributed by atoms with E-state index >= 15 is 0 Å². The van der Waals surface area contributed by atoms with Crippen LogP contribution in [0.5, 0.6) is 0 Å². The SMILES string of the molecule is CSSCCOC(=O)C(C)C. The fourth-order valence-electron chi connectivity index (χ4n) is 0.426. The van der Waals surface area contributed by atoms with Gasteiger partial charge in [-0.05, 0) is 6.26 Å². The van der Waals surface area contributed by atoms with Crippen molar-refractivity contribution >= 4 is 27.6 Å². The van der Waals surface area contributed by atoms with Gasteiger partial charge in [-0.25, -0.2) is 0 Å². The molecule has 0 rings (SSSR count). The molecule has 11 heavy (non-hydrogen) atoms. The van der Waals surface area contributed by atoms with Gasteiger partial charge in [-0.3, -0.25) is 4.79 Å². The van der Waals surface area contributed by atoms with Gasteiger partial charge in [-0.2, -0.15) is 0 Å². The molecule has 4 heteroatoms. The van der Waals surface area contributed by atoms with Crippen molar-refractivity contribution in [3.8, 4) is 0 Å². The molecule has 0 bridgehead atoms. The van der Waals surface area contributed by atoms with Crippen molar-refractivity contribution in [3.05, 3.63) is 0 Å². The maximum atomic E-state index is 10.9. The molecule has 0 radical (unpaired) electrons. The van der Waals surface area contributed by atoms with Crippen molar-refractivity contribution in [2.24, 2.45) is 5.92 Å². The first-order chi connectivity index (χ1) is 5.18. The molecule has 0 atom stereocenters. The third-order valence-electron chi connectivity index (χ3n) is 1.00. The van der Waals surface area contributed by atoms with Gasteiger partial charge in [0, 0.05) is 5.75 Å². The van der Waals surface area contributed by atoms with Gasteiger partial charge in [-0.15, -0.1) is 0 Å². The standard InChI is InChI=1S/C7H14O2S2/c1-6(2)7(8)9-4-5-11-10-3/h6H,4-5H2,1-3H3. The number of ether oxygens (including phenoxy) is 1. The second-order valence-electron chi connectivity index (χ2n) is 2.31. The van der Waals surface area contributed by atoms with E-state index in [4.69, 9.17) is 4.74 Å². The second-order valence-corrected chi connectivity index (χ2v) is 5.00. The third-order valence-corrected chi connectivity index (χ3v) is 2.78. The quantitative estimate of drug-likeness (QED) is 0.381. The van der Waals surface area contributed by atoms with E-state index in [0.717, 1.165) is 5.75 Å². The zero-order valence-electron chi connectivity index (χ0n) is 7.12. The summed E-state index contributed by atoms with van der Waals surface area (Å²) in [7, 11) is 3.39. The highest BCUT2D eigenvalue weighted by Gasteiger charge is 2.06. The number of hydrogen-bond acceptors (Lipinski definition) is 4. The monoisotopic (exact) mass is 194 g/mol. The summed E-state index contributed by atoms with van der Waals surface area (Å²) in [5.74, 6) is 0.764. The Hall–Kier alpha value is 0.170. The molecule has 0 unspecified atom stereocenters. The maximum Gasteiger partial charge on any atom is 0.308 e. The minimum atomic E-state index is -0.105. The van der Waals surface area contributed by atoms with Gasteiger partial charge >= 0.3 is 5.97 Å². The molecule has 0 amide bonds. The minimum Gasteiger partial charge on any atom is -0.465 e. The predicted molar refractivity (Wildman–Crippen MR) is 51.8 cm³/mol. The molecule has 0 saturated carbocycles. The number of rotatable bonds is 5. The van der Waals surface area contributed by atoms with Gasteiger partial charge in [0.1, 0.15) is 6.61 Å². The lowest BCUT2D eigenvalue weighted by Crippen LogP contribution is -2.13.